The van der Waals surface area contributed by atoms with Gasteiger partial charge >= 0.3 is 0 Å². The van der Waals surface area contributed by atoms with E-state index in [4.69, 9.17) is 9.47 Å². The Bertz CT molecular complexity index is 1360. The average Bonchev–Trinajstić information content (AvgIpc) is 3.60. The molecule has 1 aliphatic rings. The first-order valence-electron chi connectivity index (χ1n) is 13.2. The summed E-state index contributed by atoms with van der Waals surface area (Å²) in [5, 5.41) is 4.06. The number of aromatic nitrogens is 2. The zero-order valence-corrected chi connectivity index (χ0v) is 24.2. The number of amides is 1. The SMILES string of the molecule is C[Si](C)(C)CCOCn1ccc2c(C(=O)NCc3ccc(N4CCOCC4)cc3)cc(-c3cncs3)cc21. The van der Waals surface area contributed by atoms with Gasteiger partial charge in [0, 0.05) is 63.3 Å². The molecule has 1 fully saturated rings. The summed E-state index contributed by atoms with van der Waals surface area (Å²) in [6.45, 7) is 12.1. The van der Waals surface area contributed by atoms with Gasteiger partial charge in [-0.05, 0) is 47.5 Å². The van der Waals surface area contributed by atoms with Crippen molar-refractivity contribution in [2.24, 2.45) is 0 Å². The fourth-order valence-electron chi connectivity index (χ4n) is 4.56. The van der Waals surface area contributed by atoms with E-state index >= 15 is 0 Å². The summed E-state index contributed by atoms with van der Waals surface area (Å²) in [6.07, 6.45) is 3.86. The Hall–Kier alpha value is -2.98. The second-order valence-corrected chi connectivity index (χ2v) is 17.4. The van der Waals surface area contributed by atoms with Crippen LogP contribution in [-0.4, -0.2) is 56.4 Å². The molecule has 9 heteroatoms. The minimum absolute atomic E-state index is 0.0870. The number of morpholine rings is 1. The molecule has 1 saturated heterocycles. The van der Waals surface area contributed by atoms with E-state index in [1.165, 1.54) is 5.69 Å². The number of carbonyl (C=O) groups excluding carboxylic acids is 1. The first kappa shape index (κ1) is 26.6. The fraction of sp³-hybridized carbons (Fsp3) is 0.379. The molecule has 1 N–H and O–H groups in total. The Morgan fingerprint density at radius 2 is 1.92 bits per heavy atom. The molecular formula is C29H36N4O3SSi. The average molecular weight is 549 g/mol. The van der Waals surface area contributed by atoms with Crippen LogP contribution in [0.4, 0.5) is 5.69 Å². The minimum Gasteiger partial charge on any atom is -0.378 e. The number of nitrogens with one attached hydrogen (secondary N) is 1. The fourth-order valence-corrected chi connectivity index (χ4v) is 5.93. The third kappa shape index (κ3) is 6.53. The van der Waals surface area contributed by atoms with E-state index in [0.717, 1.165) is 65.9 Å². The summed E-state index contributed by atoms with van der Waals surface area (Å²) in [7, 11) is -1.15. The van der Waals surface area contributed by atoms with Crippen molar-refractivity contribution in [3.05, 3.63) is 71.5 Å². The number of anilines is 1. The maximum absolute atomic E-state index is 13.5. The Balaban J connectivity index is 1.32. The van der Waals surface area contributed by atoms with E-state index in [0.29, 0.717) is 18.8 Å². The predicted molar refractivity (Wildman–Crippen MR) is 158 cm³/mol. The van der Waals surface area contributed by atoms with E-state index in [1.54, 1.807) is 11.3 Å². The highest BCUT2D eigenvalue weighted by molar-refractivity contribution is 7.13. The van der Waals surface area contributed by atoms with Crippen molar-refractivity contribution in [3.8, 4) is 10.4 Å². The molecule has 38 heavy (non-hydrogen) atoms. The Labute approximate surface area is 229 Å². The largest absolute Gasteiger partial charge is 0.378 e. The molecule has 7 nitrogen and oxygen atoms in total. The first-order valence-corrected chi connectivity index (χ1v) is 17.8. The summed E-state index contributed by atoms with van der Waals surface area (Å²) >= 11 is 1.57. The highest BCUT2D eigenvalue weighted by Gasteiger charge is 2.17. The van der Waals surface area contributed by atoms with Gasteiger partial charge < -0.3 is 24.3 Å². The van der Waals surface area contributed by atoms with Crippen molar-refractivity contribution in [1.82, 2.24) is 14.9 Å². The van der Waals surface area contributed by atoms with E-state index in [1.807, 2.05) is 30.0 Å². The molecule has 2 aromatic heterocycles. The Morgan fingerprint density at radius 3 is 2.63 bits per heavy atom. The maximum Gasteiger partial charge on any atom is 0.252 e. The second-order valence-electron chi connectivity index (χ2n) is 10.9. The van der Waals surface area contributed by atoms with Crippen molar-refractivity contribution in [2.45, 2.75) is 39.0 Å². The molecule has 0 spiro atoms. The lowest BCUT2D eigenvalue weighted by atomic mass is 10.0. The lowest BCUT2D eigenvalue weighted by Crippen LogP contribution is -2.36. The van der Waals surface area contributed by atoms with Crippen molar-refractivity contribution in [1.29, 1.82) is 0 Å². The third-order valence-electron chi connectivity index (χ3n) is 6.84. The molecule has 0 atom stereocenters. The predicted octanol–water partition coefficient (Wildman–Crippen LogP) is 5.84. The van der Waals surface area contributed by atoms with Crippen molar-refractivity contribution in [3.63, 3.8) is 0 Å². The number of benzene rings is 2. The van der Waals surface area contributed by atoms with Gasteiger partial charge in [-0.1, -0.05) is 31.8 Å². The van der Waals surface area contributed by atoms with Gasteiger partial charge in [-0.25, -0.2) is 0 Å². The number of rotatable bonds is 10. The van der Waals surface area contributed by atoms with Crippen LogP contribution in [0.2, 0.25) is 25.7 Å². The van der Waals surface area contributed by atoms with E-state index < -0.39 is 8.07 Å². The molecule has 3 heterocycles. The van der Waals surface area contributed by atoms with Crippen LogP contribution in [-0.2, 0) is 22.7 Å². The summed E-state index contributed by atoms with van der Waals surface area (Å²) < 4.78 is 13.6. The van der Waals surface area contributed by atoms with Crippen LogP contribution >= 0.6 is 11.3 Å². The molecule has 0 aliphatic carbocycles. The molecule has 4 aromatic rings. The van der Waals surface area contributed by atoms with Crippen LogP contribution < -0.4 is 10.2 Å². The number of hydrogen-bond donors (Lipinski definition) is 1. The lowest BCUT2D eigenvalue weighted by molar-refractivity contribution is 0.0902. The number of ether oxygens (including phenoxy) is 2. The molecule has 5 rings (SSSR count). The molecule has 1 aliphatic heterocycles. The molecule has 0 saturated carbocycles. The molecule has 1 amide bonds. The number of carbonyl (C=O) groups is 1. The maximum atomic E-state index is 13.5. The minimum atomic E-state index is -1.15. The third-order valence-corrected chi connectivity index (χ3v) is 9.37. The van der Waals surface area contributed by atoms with Gasteiger partial charge in [-0.3, -0.25) is 9.78 Å². The van der Waals surface area contributed by atoms with E-state index in [-0.39, 0.29) is 5.91 Å². The topological polar surface area (TPSA) is 68.6 Å². The quantitative estimate of drug-likeness (QED) is 0.199. The van der Waals surface area contributed by atoms with Crippen molar-refractivity contribution < 1.29 is 14.3 Å². The van der Waals surface area contributed by atoms with Crippen LogP contribution in [0.15, 0.2) is 60.4 Å². The zero-order chi connectivity index (χ0) is 26.5. The number of nitrogens with zero attached hydrogens (tertiary/aromatic N) is 3. The molecule has 200 valence electrons. The van der Waals surface area contributed by atoms with Gasteiger partial charge in [0.25, 0.3) is 5.91 Å². The first-order chi connectivity index (χ1) is 18.4. The van der Waals surface area contributed by atoms with Gasteiger partial charge in [0.15, 0.2) is 0 Å². The lowest BCUT2D eigenvalue weighted by Gasteiger charge is -2.28. The van der Waals surface area contributed by atoms with Gasteiger partial charge in [0.2, 0.25) is 0 Å². The molecule has 0 unspecified atom stereocenters. The number of thiazole rings is 1. The van der Waals surface area contributed by atoms with Crippen molar-refractivity contribution in [2.75, 3.05) is 37.8 Å². The molecule has 0 radical (unpaired) electrons. The zero-order valence-electron chi connectivity index (χ0n) is 22.4. The Kier molecular flexibility index (Phi) is 8.28. The van der Waals surface area contributed by atoms with E-state index in [9.17, 15) is 4.79 Å². The van der Waals surface area contributed by atoms with Crippen LogP contribution in [0, 0.1) is 0 Å². The number of fused-ring (bicyclic) bond motifs is 1. The van der Waals surface area contributed by atoms with Gasteiger partial charge in [0.05, 0.1) is 29.1 Å². The second kappa shape index (κ2) is 11.8. The van der Waals surface area contributed by atoms with Crippen LogP contribution in [0.5, 0.6) is 0 Å². The highest BCUT2D eigenvalue weighted by Crippen LogP contribution is 2.31. The normalized spacial score (nSPS) is 14.2. The molecule has 2 aromatic carbocycles. The monoisotopic (exact) mass is 548 g/mol. The van der Waals surface area contributed by atoms with Crippen LogP contribution in [0.3, 0.4) is 0 Å². The van der Waals surface area contributed by atoms with Gasteiger partial charge in [-0.2, -0.15) is 0 Å². The summed E-state index contributed by atoms with van der Waals surface area (Å²) in [5.41, 5.74) is 6.72. The van der Waals surface area contributed by atoms with E-state index in [2.05, 4.69) is 69.7 Å². The highest BCUT2D eigenvalue weighted by atomic mass is 32.1. The van der Waals surface area contributed by atoms with Crippen molar-refractivity contribution >= 4 is 41.9 Å². The Morgan fingerprint density at radius 1 is 1.13 bits per heavy atom. The van der Waals surface area contributed by atoms with Crippen LogP contribution in [0.1, 0.15) is 15.9 Å². The summed E-state index contributed by atoms with van der Waals surface area (Å²) in [5.74, 6) is -0.0870. The summed E-state index contributed by atoms with van der Waals surface area (Å²) in [4.78, 5) is 21.1. The van der Waals surface area contributed by atoms with Crippen LogP contribution in [0.25, 0.3) is 21.3 Å². The molecular weight excluding hydrogens is 512 g/mol. The van der Waals surface area contributed by atoms with Gasteiger partial charge in [-0.15, -0.1) is 11.3 Å². The smallest absolute Gasteiger partial charge is 0.252 e. The number of hydrogen-bond acceptors (Lipinski definition) is 6. The molecule has 0 bridgehead atoms. The van der Waals surface area contributed by atoms with Gasteiger partial charge in [0.1, 0.15) is 6.73 Å². The standard InChI is InChI=1S/C29H36N4O3SSi/c1-38(2,3)15-14-36-21-33-9-8-25-26(16-23(17-27(25)33)28-19-30-20-37-28)29(34)31-18-22-4-6-24(7-5-22)32-10-12-35-13-11-32/h4-9,16-17,19-20H,10-15,18,21H2,1-3H3,(H,31,34). The summed E-state index contributed by atoms with van der Waals surface area (Å²) in [6, 6.07) is 15.7.